The van der Waals surface area contributed by atoms with Crippen LogP contribution in [0.4, 0.5) is 13.2 Å². The predicted octanol–water partition coefficient (Wildman–Crippen LogP) is 3.04. The molecule has 0 aliphatic heterocycles. The van der Waals surface area contributed by atoms with Crippen molar-refractivity contribution in [1.29, 1.82) is 0 Å². The van der Waals surface area contributed by atoms with Crippen LogP contribution < -0.4 is 15.2 Å². The maximum atomic E-state index is 12.0. The first-order valence-electron chi connectivity index (χ1n) is 4.52. The average Bonchev–Trinajstić information content (AvgIpc) is 2.15. The largest absolute Gasteiger partial charge is 0.573 e. The third-order valence-corrected chi connectivity index (χ3v) is 1.93. The number of benzene rings is 1. The first-order chi connectivity index (χ1) is 7.33. The normalized spacial score (nSPS) is 12.6. The summed E-state index contributed by atoms with van der Waals surface area (Å²) in [4.78, 5) is 0. The fraction of sp³-hybridized carbons (Fsp3) is 0.400. The van der Waals surface area contributed by atoms with Crippen LogP contribution in [0.25, 0.3) is 0 Å². The standard InChI is InChI=1S/C10H12F3NO2.ClH/c1-6(14)8-5-7(16-10(11,12)13)3-4-9(8)15-2;/h3-6H,14H2,1-2H3;1H/t6-;/m0./s1. The number of nitrogens with two attached hydrogens (primary N) is 1. The van der Waals surface area contributed by atoms with Crippen molar-refractivity contribution in [3.8, 4) is 11.5 Å². The van der Waals surface area contributed by atoms with Gasteiger partial charge in [-0.25, -0.2) is 0 Å². The molecule has 0 amide bonds. The van der Waals surface area contributed by atoms with Gasteiger partial charge in [-0.1, -0.05) is 0 Å². The molecule has 17 heavy (non-hydrogen) atoms. The fourth-order valence-corrected chi connectivity index (χ4v) is 1.27. The van der Waals surface area contributed by atoms with Gasteiger partial charge in [0.15, 0.2) is 0 Å². The Morgan fingerprint density at radius 1 is 1.29 bits per heavy atom. The lowest BCUT2D eigenvalue weighted by atomic mass is 10.1. The lowest BCUT2D eigenvalue weighted by molar-refractivity contribution is -0.274. The molecule has 3 nitrogen and oxygen atoms in total. The van der Waals surface area contributed by atoms with Crippen LogP contribution in [0.1, 0.15) is 18.5 Å². The van der Waals surface area contributed by atoms with Crippen LogP contribution in [-0.2, 0) is 0 Å². The number of methoxy groups -OCH3 is 1. The van der Waals surface area contributed by atoms with Crippen LogP contribution in [0.5, 0.6) is 11.5 Å². The number of rotatable bonds is 3. The molecule has 0 saturated heterocycles. The van der Waals surface area contributed by atoms with Gasteiger partial charge in [-0.05, 0) is 25.1 Å². The van der Waals surface area contributed by atoms with Gasteiger partial charge in [0.2, 0.25) is 0 Å². The van der Waals surface area contributed by atoms with Gasteiger partial charge in [0.05, 0.1) is 7.11 Å². The molecule has 0 aliphatic carbocycles. The van der Waals surface area contributed by atoms with Crippen molar-refractivity contribution in [2.45, 2.75) is 19.3 Å². The third kappa shape index (κ3) is 4.70. The molecule has 1 atom stereocenters. The summed E-state index contributed by atoms with van der Waals surface area (Å²) in [5.74, 6) is 0.130. The number of hydrogen-bond donors (Lipinski definition) is 1. The lowest BCUT2D eigenvalue weighted by Crippen LogP contribution is -2.17. The van der Waals surface area contributed by atoms with Crippen molar-refractivity contribution < 1.29 is 22.6 Å². The van der Waals surface area contributed by atoms with E-state index in [2.05, 4.69) is 4.74 Å². The van der Waals surface area contributed by atoms with Crippen LogP contribution in [0, 0.1) is 0 Å². The summed E-state index contributed by atoms with van der Waals surface area (Å²) in [6, 6.07) is 3.35. The molecule has 98 valence electrons. The predicted molar refractivity (Wildman–Crippen MR) is 59.5 cm³/mol. The molecule has 1 rings (SSSR count). The smallest absolute Gasteiger partial charge is 0.496 e. The van der Waals surface area contributed by atoms with Crippen LogP contribution in [-0.4, -0.2) is 13.5 Å². The Morgan fingerprint density at radius 2 is 1.88 bits per heavy atom. The molecule has 0 aromatic heterocycles. The second kappa shape index (κ2) is 5.97. The van der Waals surface area contributed by atoms with Crippen molar-refractivity contribution in [1.82, 2.24) is 0 Å². The van der Waals surface area contributed by atoms with E-state index in [1.54, 1.807) is 6.92 Å². The Kier molecular flexibility index (Phi) is 5.57. The number of ether oxygens (including phenoxy) is 2. The summed E-state index contributed by atoms with van der Waals surface area (Å²) in [7, 11) is 1.42. The van der Waals surface area contributed by atoms with Crippen LogP contribution in [0.2, 0.25) is 0 Å². The monoisotopic (exact) mass is 271 g/mol. The Balaban J connectivity index is 0.00000256. The average molecular weight is 272 g/mol. The minimum absolute atomic E-state index is 0. The SMILES string of the molecule is COc1ccc(OC(F)(F)F)cc1[C@H](C)N.Cl. The first kappa shape index (κ1) is 15.9. The zero-order valence-corrected chi connectivity index (χ0v) is 10.1. The Bertz CT molecular complexity index is 369. The quantitative estimate of drug-likeness (QED) is 0.919. The van der Waals surface area contributed by atoms with E-state index in [-0.39, 0.29) is 18.2 Å². The molecule has 1 aromatic rings. The maximum Gasteiger partial charge on any atom is 0.573 e. The topological polar surface area (TPSA) is 44.5 Å². The minimum Gasteiger partial charge on any atom is -0.496 e. The highest BCUT2D eigenvalue weighted by Crippen LogP contribution is 2.30. The number of hydrogen-bond acceptors (Lipinski definition) is 3. The molecular formula is C10H13ClF3NO2. The number of alkyl halides is 3. The van der Waals surface area contributed by atoms with Gasteiger partial charge in [-0.15, -0.1) is 25.6 Å². The van der Waals surface area contributed by atoms with Crippen LogP contribution >= 0.6 is 12.4 Å². The molecule has 0 saturated carbocycles. The Labute approximate surface area is 103 Å². The first-order valence-corrected chi connectivity index (χ1v) is 4.52. The second-order valence-corrected chi connectivity index (χ2v) is 3.24. The van der Waals surface area contributed by atoms with E-state index in [1.807, 2.05) is 0 Å². The zero-order chi connectivity index (χ0) is 12.3. The summed E-state index contributed by atoms with van der Waals surface area (Å²) in [5, 5.41) is 0. The zero-order valence-electron chi connectivity index (χ0n) is 9.25. The van der Waals surface area contributed by atoms with Gasteiger partial charge in [0, 0.05) is 11.6 Å². The highest BCUT2D eigenvalue weighted by Gasteiger charge is 2.31. The maximum absolute atomic E-state index is 12.0. The van der Waals surface area contributed by atoms with Gasteiger partial charge in [-0.2, -0.15) is 0 Å². The molecule has 0 unspecified atom stereocenters. The molecule has 7 heteroatoms. The Morgan fingerprint density at radius 3 is 2.29 bits per heavy atom. The summed E-state index contributed by atoms with van der Waals surface area (Å²) < 4.78 is 44.7. The third-order valence-electron chi connectivity index (χ3n) is 1.93. The van der Waals surface area contributed by atoms with Crippen molar-refractivity contribution in [3.05, 3.63) is 23.8 Å². The highest BCUT2D eigenvalue weighted by molar-refractivity contribution is 5.85. The minimum atomic E-state index is -4.70. The van der Waals surface area contributed by atoms with Gasteiger partial charge in [0.25, 0.3) is 0 Å². The van der Waals surface area contributed by atoms with Crippen LogP contribution in [0.3, 0.4) is 0 Å². The molecule has 2 N–H and O–H groups in total. The summed E-state index contributed by atoms with van der Waals surface area (Å²) in [6.45, 7) is 1.65. The Hall–Kier alpha value is -1.14. The molecule has 0 fully saturated rings. The van der Waals surface area contributed by atoms with E-state index >= 15 is 0 Å². The summed E-state index contributed by atoms with van der Waals surface area (Å²) in [6.07, 6.45) is -4.70. The second-order valence-electron chi connectivity index (χ2n) is 3.24. The summed E-state index contributed by atoms with van der Waals surface area (Å²) >= 11 is 0. The van der Waals surface area contributed by atoms with Crippen LogP contribution in [0.15, 0.2) is 18.2 Å². The highest BCUT2D eigenvalue weighted by atomic mass is 35.5. The molecule has 0 heterocycles. The van der Waals surface area contributed by atoms with Crippen molar-refractivity contribution in [3.63, 3.8) is 0 Å². The van der Waals surface area contributed by atoms with E-state index in [9.17, 15) is 13.2 Å². The van der Waals surface area contributed by atoms with Gasteiger partial charge in [0.1, 0.15) is 11.5 Å². The van der Waals surface area contributed by atoms with Gasteiger partial charge in [-0.3, -0.25) is 0 Å². The van der Waals surface area contributed by atoms with Crippen molar-refractivity contribution >= 4 is 12.4 Å². The molecular weight excluding hydrogens is 259 g/mol. The van der Waals surface area contributed by atoms with E-state index < -0.39 is 12.4 Å². The summed E-state index contributed by atoms with van der Waals surface area (Å²) in [5.41, 5.74) is 6.07. The number of halogens is 4. The van der Waals surface area contributed by atoms with E-state index in [0.29, 0.717) is 11.3 Å². The van der Waals surface area contributed by atoms with Gasteiger partial charge < -0.3 is 15.2 Å². The van der Waals surface area contributed by atoms with Crippen molar-refractivity contribution in [2.24, 2.45) is 5.73 Å². The van der Waals surface area contributed by atoms with E-state index in [1.165, 1.54) is 25.3 Å². The van der Waals surface area contributed by atoms with Gasteiger partial charge >= 0.3 is 6.36 Å². The lowest BCUT2D eigenvalue weighted by Gasteiger charge is -2.14. The van der Waals surface area contributed by atoms with Crippen molar-refractivity contribution in [2.75, 3.05) is 7.11 Å². The molecule has 0 spiro atoms. The fourth-order valence-electron chi connectivity index (χ4n) is 1.27. The van der Waals surface area contributed by atoms with E-state index in [0.717, 1.165) is 0 Å². The van der Waals surface area contributed by atoms with E-state index in [4.69, 9.17) is 10.5 Å². The molecule has 0 bridgehead atoms. The molecule has 1 aromatic carbocycles. The molecule has 0 radical (unpaired) electrons. The molecule has 0 aliphatic rings.